The van der Waals surface area contributed by atoms with Gasteiger partial charge < -0.3 is 19.2 Å². The molecule has 0 aliphatic rings. The van der Waals surface area contributed by atoms with Crippen molar-refractivity contribution in [2.75, 3.05) is 12.4 Å². The standard InChI is InChI=1S/C23H23ClN2O6/c1-13(2)19-11-20(24)14(3)7-22(19)31-12-17-5-6-21(32-17)23(27)25-15-8-16(26(28)29)10-18(9-15)30-4/h5-11,13H,12H2,1-4H3,(H,25,27). The number of rotatable bonds is 8. The van der Waals surface area contributed by atoms with Gasteiger partial charge in [0, 0.05) is 17.2 Å². The number of hydrogen-bond donors (Lipinski definition) is 1. The molecule has 0 atom stereocenters. The van der Waals surface area contributed by atoms with Crippen LogP contribution in [0.5, 0.6) is 11.5 Å². The van der Waals surface area contributed by atoms with Gasteiger partial charge in [0.05, 0.1) is 23.8 Å². The number of amides is 1. The van der Waals surface area contributed by atoms with Crippen LogP contribution in [0.4, 0.5) is 11.4 Å². The number of aryl methyl sites for hydroxylation is 1. The second-order valence-electron chi connectivity index (χ2n) is 7.48. The minimum Gasteiger partial charge on any atom is -0.496 e. The lowest BCUT2D eigenvalue weighted by Crippen LogP contribution is -2.11. The molecule has 0 radical (unpaired) electrons. The summed E-state index contributed by atoms with van der Waals surface area (Å²) in [4.78, 5) is 23.0. The summed E-state index contributed by atoms with van der Waals surface area (Å²) in [5.41, 5.74) is 1.89. The van der Waals surface area contributed by atoms with Crippen LogP contribution in [-0.4, -0.2) is 17.9 Å². The summed E-state index contributed by atoms with van der Waals surface area (Å²) in [6.07, 6.45) is 0. The van der Waals surface area contributed by atoms with Crippen LogP contribution in [0.2, 0.25) is 5.02 Å². The van der Waals surface area contributed by atoms with E-state index in [1.807, 2.05) is 32.9 Å². The Kier molecular flexibility index (Phi) is 7.05. The predicted molar refractivity (Wildman–Crippen MR) is 121 cm³/mol. The van der Waals surface area contributed by atoms with Crippen LogP contribution in [0.15, 0.2) is 46.9 Å². The van der Waals surface area contributed by atoms with Crippen molar-refractivity contribution in [2.45, 2.75) is 33.3 Å². The summed E-state index contributed by atoms with van der Waals surface area (Å²) in [6.45, 7) is 6.12. The van der Waals surface area contributed by atoms with Gasteiger partial charge in [0.1, 0.15) is 23.9 Å². The first-order valence-corrected chi connectivity index (χ1v) is 10.2. The summed E-state index contributed by atoms with van der Waals surface area (Å²) < 4.78 is 16.6. The molecule has 2 aromatic carbocycles. The van der Waals surface area contributed by atoms with E-state index in [2.05, 4.69) is 5.32 Å². The molecule has 0 unspecified atom stereocenters. The molecule has 168 valence electrons. The fourth-order valence-corrected chi connectivity index (χ4v) is 3.22. The van der Waals surface area contributed by atoms with E-state index in [0.29, 0.717) is 16.5 Å². The highest BCUT2D eigenvalue weighted by atomic mass is 35.5. The lowest BCUT2D eigenvalue weighted by atomic mass is 10.0. The number of carbonyl (C=O) groups is 1. The minimum absolute atomic E-state index is 0.0467. The first kappa shape index (κ1) is 23.1. The first-order chi connectivity index (χ1) is 15.2. The van der Waals surface area contributed by atoms with Crippen LogP contribution in [0.3, 0.4) is 0 Å². The largest absolute Gasteiger partial charge is 0.496 e. The number of benzene rings is 2. The van der Waals surface area contributed by atoms with E-state index in [4.69, 9.17) is 25.5 Å². The van der Waals surface area contributed by atoms with Gasteiger partial charge in [0.2, 0.25) is 0 Å². The van der Waals surface area contributed by atoms with Crippen molar-refractivity contribution in [3.05, 3.63) is 80.2 Å². The molecule has 3 aromatic rings. The summed E-state index contributed by atoms with van der Waals surface area (Å²) in [6, 6.07) is 10.9. The Morgan fingerprint density at radius 1 is 1.22 bits per heavy atom. The van der Waals surface area contributed by atoms with Crippen molar-refractivity contribution >= 4 is 28.9 Å². The highest BCUT2D eigenvalue weighted by molar-refractivity contribution is 6.31. The van der Waals surface area contributed by atoms with E-state index in [1.165, 1.54) is 31.4 Å². The number of nitro benzene ring substituents is 1. The number of nitrogens with zero attached hydrogens (tertiary/aromatic N) is 1. The van der Waals surface area contributed by atoms with E-state index in [-0.39, 0.29) is 35.4 Å². The number of carbonyl (C=O) groups excluding carboxylic acids is 1. The van der Waals surface area contributed by atoms with E-state index in [1.54, 1.807) is 6.07 Å². The van der Waals surface area contributed by atoms with Gasteiger partial charge in [-0.3, -0.25) is 14.9 Å². The van der Waals surface area contributed by atoms with Crippen molar-refractivity contribution in [1.82, 2.24) is 0 Å². The Bertz CT molecular complexity index is 1160. The van der Waals surface area contributed by atoms with Gasteiger partial charge in [-0.15, -0.1) is 0 Å². The van der Waals surface area contributed by atoms with Gasteiger partial charge in [-0.1, -0.05) is 25.4 Å². The molecule has 8 nitrogen and oxygen atoms in total. The molecule has 1 N–H and O–H groups in total. The number of hydrogen-bond acceptors (Lipinski definition) is 6. The maximum Gasteiger partial charge on any atom is 0.291 e. The van der Waals surface area contributed by atoms with E-state index < -0.39 is 10.8 Å². The van der Waals surface area contributed by atoms with Crippen LogP contribution in [-0.2, 0) is 6.61 Å². The van der Waals surface area contributed by atoms with Crippen LogP contribution >= 0.6 is 11.6 Å². The zero-order valence-electron chi connectivity index (χ0n) is 18.1. The third-order valence-electron chi connectivity index (χ3n) is 4.76. The Labute approximate surface area is 190 Å². The maximum absolute atomic E-state index is 12.5. The Morgan fingerprint density at radius 3 is 2.62 bits per heavy atom. The molecule has 0 aliphatic heterocycles. The topological polar surface area (TPSA) is 104 Å². The highest BCUT2D eigenvalue weighted by Crippen LogP contribution is 2.32. The predicted octanol–water partition coefficient (Wildman–Crippen LogP) is 6.11. The quantitative estimate of drug-likeness (QED) is 0.322. The molecule has 1 heterocycles. The fourth-order valence-electron chi connectivity index (χ4n) is 3.04. The molecule has 0 saturated heterocycles. The molecular weight excluding hydrogens is 436 g/mol. The summed E-state index contributed by atoms with van der Waals surface area (Å²) >= 11 is 6.23. The SMILES string of the molecule is COc1cc(NC(=O)c2ccc(COc3cc(C)c(Cl)cc3C(C)C)o2)cc([N+](=O)[O-])c1. The molecular formula is C23H23ClN2O6. The first-order valence-electron chi connectivity index (χ1n) is 9.84. The smallest absolute Gasteiger partial charge is 0.291 e. The Hall–Kier alpha value is -3.52. The van der Waals surface area contributed by atoms with Crippen molar-refractivity contribution < 1.29 is 23.6 Å². The Balaban J connectivity index is 1.72. The van der Waals surface area contributed by atoms with Gasteiger partial charge in [-0.25, -0.2) is 0 Å². The molecule has 1 amide bonds. The summed E-state index contributed by atoms with van der Waals surface area (Å²) in [5, 5.41) is 14.3. The average Bonchev–Trinajstić information content (AvgIpc) is 3.23. The number of ether oxygens (including phenoxy) is 2. The maximum atomic E-state index is 12.5. The number of anilines is 1. The second-order valence-corrected chi connectivity index (χ2v) is 7.89. The summed E-state index contributed by atoms with van der Waals surface area (Å²) in [5.74, 6) is 1.12. The number of nitro groups is 1. The molecule has 0 saturated carbocycles. The van der Waals surface area contributed by atoms with Crippen LogP contribution in [0.1, 0.15) is 47.2 Å². The van der Waals surface area contributed by atoms with Gasteiger partial charge in [0.25, 0.3) is 11.6 Å². The highest BCUT2D eigenvalue weighted by Gasteiger charge is 2.17. The number of non-ortho nitro benzene ring substituents is 1. The number of nitrogens with one attached hydrogen (secondary N) is 1. The summed E-state index contributed by atoms with van der Waals surface area (Å²) in [7, 11) is 1.39. The van der Waals surface area contributed by atoms with E-state index in [0.717, 1.165) is 11.1 Å². The van der Waals surface area contributed by atoms with Gasteiger partial charge in [-0.05, 0) is 48.2 Å². The molecule has 9 heteroatoms. The molecule has 1 aromatic heterocycles. The monoisotopic (exact) mass is 458 g/mol. The van der Waals surface area contributed by atoms with Crippen molar-refractivity contribution in [1.29, 1.82) is 0 Å². The molecule has 0 spiro atoms. The zero-order chi connectivity index (χ0) is 23.4. The van der Waals surface area contributed by atoms with Crippen LogP contribution < -0.4 is 14.8 Å². The van der Waals surface area contributed by atoms with E-state index >= 15 is 0 Å². The fraction of sp³-hybridized carbons (Fsp3) is 0.261. The molecule has 0 fully saturated rings. The van der Waals surface area contributed by atoms with Crippen molar-refractivity contribution in [3.63, 3.8) is 0 Å². The third kappa shape index (κ3) is 5.39. The van der Waals surface area contributed by atoms with Crippen LogP contribution in [0.25, 0.3) is 0 Å². The van der Waals surface area contributed by atoms with Crippen molar-refractivity contribution in [2.24, 2.45) is 0 Å². The number of methoxy groups -OCH3 is 1. The zero-order valence-corrected chi connectivity index (χ0v) is 18.9. The molecule has 32 heavy (non-hydrogen) atoms. The van der Waals surface area contributed by atoms with Gasteiger partial charge in [-0.2, -0.15) is 0 Å². The second kappa shape index (κ2) is 9.74. The minimum atomic E-state index is -0.565. The van der Waals surface area contributed by atoms with Crippen LogP contribution in [0, 0.1) is 17.0 Å². The molecule has 0 bridgehead atoms. The lowest BCUT2D eigenvalue weighted by molar-refractivity contribution is -0.384. The molecule has 0 aliphatic carbocycles. The van der Waals surface area contributed by atoms with E-state index in [9.17, 15) is 14.9 Å². The normalized spacial score (nSPS) is 10.8. The average molecular weight is 459 g/mol. The number of halogens is 1. The van der Waals surface area contributed by atoms with Gasteiger partial charge in [0.15, 0.2) is 5.76 Å². The third-order valence-corrected chi connectivity index (χ3v) is 5.17. The number of furan rings is 1. The molecule has 3 rings (SSSR count). The van der Waals surface area contributed by atoms with Crippen molar-refractivity contribution in [3.8, 4) is 11.5 Å². The van der Waals surface area contributed by atoms with Gasteiger partial charge >= 0.3 is 0 Å². The lowest BCUT2D eigenvalue weighted by Gasteiger charge is -2.15. The Morgan fingerprint density at radius 2 is 1.97 bits per heavy atom.